The first-order valence-corrected chi connectivity index (χ1v) is 4.06. The fraction of sp³-hybridized carbons (Fsp3) is 0.111. The third-order valence-electron chi connectivity index (χ3n) is 1.70. The molecule has 0 heterocycles. The monoisotopic (exact) mass is 212 g/mol. The Morgan fingerprint density at radius 1 is 1.40 bits per heavy atom. The third-order valence-corrected chi connectivity index (χ3v) is 1.70. The average molecular weight is 212 g/mol. The van der Waals surface area contributed by atoms with Crippen LogP contribution in [0, 0.1) is 5.82 Å². The predicted molar refractivity (Wildman–Crippen MR) is 51.4 cm³/mol. The molecule has 3 N–H and O–H groups in total. The second-order valence-electron chi connectivity index (χ2n) is 2.68. The minimum atomic E-state index is -1.38. The summed E-state index contributed by atoms with van der Waals surface area (Å²) < 4.78 is 13.4. The molecule has 0 aliphatic carbocycles. The molecule has 2 amide bonds. The van der Waals surface area contributed by atoms with Gasteiger partial charge in [-0.3, -0.25) is 0 Å². The lowest BCUT2D eigenvalue weighted by molar-refractivity contribution is 0.0692. The Bertz CT molecular complexity index is 406. The lowest BCUT2D eigenvalue weighted by Crippen LogP contribution is -2.25. The van der Waals surface area contributed by atoms with Crippen molar-refractivity contribution >= 4 is 17.7 Å². The summed E-state index contributed by atoms with van der Waals surface area (Å²) in [6.07, 6.45) is 0. The number of hydrogen-bond donors (Lipinski definition) is 3. The van der Waals surface area contributed by atoms with E-state index in [0.717, 1.165) is 6.07 Å². The molecule has 0 unspecified atom stereocenters. The molecule has 0 aliphatic heterocycles. The largest absolute Gasteiger partial charge is 0.478 e. The van der Waals surface area contributed by atoms with Gasteiger partial charge in [-0.1, -0.05) is 6.07 Å². The molecule has 0 aromatic heterocycles. The molecule has 0 saturated carbocycles. The number of anilines is 1. The lowest BCUT2D eigenvalue weighted by Gasteiger charge is -2.06. The zero-order valence-electron chi connectivity index (χ0n) is 7.87. The Morgan fingerprint density at radius 3 is 2.60 bits per heavy atom. The molecular weight excluding hydrogens is 203 g/mol. The zero-order valence-corrected chi connectivity index (χ0v) is 7.87. The van der Waals surface area contributed by atoms with Gasteiger partial charge in [0, 0.05) is 7.05 Å². The number of carboxylic acid groups (broad SMARTS) is 1. The number of carbonyl (C=O) groups excluding carboxylic acids is 1. The molecule has 1 aromatic carbocycles. The molecular formula is C9H9FN2O3. The number of amides is 2. The Kier molecular flexibility index (Phi) is 3.22. The van der Waals surface area contributed by atoms with Crippen molar-refractivity contribution in [3.63, 3.8) is 0 Å². The van der Waals surface area contributed by atoms with Crippen LogP contribution in [0.25, 0.3) is 0 Å². The van der Waals surface area contributed by atoms with E-state index in [-0.39, 0.29) is 5.69 Å². The second kappa shape index (κ2) is 4.41. The Morgan fingerprint density at radius 2 is 2.07 bits per heavy atom. The first-order valence-electron chi connectivity index (χ1n) is 4.06. The van der Waals surface area contributed by atoms with Crippen LogP contribution in [-0.4, -0.2) is 24.2 Å². The molecule has 1 rings (SSSR count). The fourth-order valence-electron chi connectivity index (χ4n) is 0.978. The maximum Gasteiger partial charge on any atom is 0.338 e. The number of rotatable bonds is 2. The van der Waals surface area contributed by atoms with Crippen molar-refractivity contribution in [2.24, 2.45) is 0 Å². The van der Waals surface area contributed by atoms with E-state index in [1.165, 1.54) is 19.2 Å². The summed E-state index contributed by atoms with van der Waals surface area (Å²) in [5.74, 6) is -2.35. The van der Waals surface area contributed by atoms with Crippen LogP contribution >= 0.6 is 0 Å². The van der Waals surface area contributed by atoms with Crippen molar-refractivity contribution in [3.8, 4) is 0 Å². The maximum absolute atomic E-state index is 13.4. The summed E-state index contributed by atoms with van der Waals surface area (Å²) >= 11 is 0. The third kappa shape index (κ3) is 2.43. The SMILES string of the molecule is CNC(=O)Nc1cccc(C(=O)O)c1F. The van der Waals surface area contributed by atoms with Crippen LogP contribution in [0.3, 0.4) is 0 Å². The van der Waals surface area contributed by atoms with Crippen molar-refractivity contribution in [1.29, 1.82) is 0 Å². The zero-order chi connectivity index (χ0) is 11.4. The van der Waals surface area contributed by atoms with E-state index < -0.39 is 23.4 Å². The average Bonchev–Trinajstić information content (AvgIpc) is 2.20. The van der Waals surface area contributed by atoms with E-state index in [1.807, 2.05) is 0 Å². The van der Waals surface area contributed by atoms with Gasteiger partial charge in [-0.05, 0) is 12.1 Å². The summed E-state index contributed by atoms with van der Waals surface area (Å²) in [5, 5.41) is 13.0. The summed E-state index contributed by atoms with van der Waals surface area (Å²) in [7, 11) is 1.37. The molecule has 0 fully saturated rings. The van der Waals surface area contributed by atoms with Crippen LogP contribution in [0.15, 0.2) is 18.2 Å². The highest BCUT2D eigenvalue weighted by molar-refractivity contribution is 5.93. The Hall–Kier alpha value is -2.11. The van der Waals surface area contributed by atoms with E-state index >= 15 is 0 Å². The quantitative estimate of drug-likeness (QED) is 0.690. The van der Waals surface area contributed by atoms with Crippen molar-refractivity contribution in [3.05, 3.63) is 29.6 Å². The van der Waals surface area contributed by atoms with Gasteiger partial charge in [0.1, 0.15) is 0 Å². The molecule has 5 nitrogen and oxygen atoms in total. The van der Waals surface area contributed by atoms with Gasteiger partial charge in [-0.2, -0.15) is 0 Å². The first kappa shape index (κ1) is 11.0. The maximum atomic E-state index is 13.4. The summed E-state index contributed by atoms with van der Waals surface area (Å²) in [6, 6.07) is 3.12. The van der Waals surface area contributed by atoms with E-state index in [9.17, 15) is 14.0 Å². The number of hydrogen-bond acceptors (Lipinski definition) is 2. The predicted octanol–water partition coefficient (Wildman–Crippen LogP) is 1.28. The summed E-state index contributed by atoms with van der Waals surface area (Å²) in [4.78, 5) is 21.4. The summed E-state index contributed by atoms with van der Waals surface area (Å²) in [6.45, 7) is 0. The van der Waals surface area contributed by atoms with Crippen molar-refractivity contribution in [2.45, 2.75) is 0 Å². The van der Waals surface area contributed by atoms with Gasteiger partial charge < -0.3 is 15.7 Å². The number of aromatic carboxylic acids is 1. The topological polar surface area (TPSA) is 78.4 Å². The normalized spacial score (nSPS) is 9.47. The van der Waals surface area contributed by atoms with Gasteiger partial charge in [0.2, 0.25) is 0 Å². The van der Waals surface area contributed by atoms with Crippen LogP contribution in [-0.2, 0) is 0 Å². The van der Waals surface area contributed by atoms with Gasteiger partial charge in [0.15, 0.2) is 5.82 Å². The Balaban J connectivity index is 3.04. The van der Waals surface area contributed by atoms with Gasteiger partial charge >= 0.3 is 12.0 Å². The molecule has 0 bridgehead atoms. The molecule has 0 spiro atoms. The van der Waals surface area contributed by atoms with Crippen LogP contribution in [0.5, 0.6) is 0 Å². The highest BCUT2D eigenvalue weighted by atomic mass is 19.1. The first-order chi connectivity index (χ1) is 7.06. The van der Waals surface area contributed by atoms with Gasteiger partial charge in [0.05, 0.1) is 11.3 Å². The molecule has 80 valence electrons. The number of halogens is 1. The standard InChI is InChI=1S/C9H9FN2O3/c1-11-9(15)12-6-4-2-3-5(7(6)10)8(13)14/h2-4H,1H3,(H,13,14)(H2,11,12,15). The van der Waals surface area contributed by atoms with Gasteiger partial charge in [-0.15, -0.1) is 0 Å². The minimum absolute atomic E-state index is 0.172. The number of carbonyl (C=O) groups is 2. The summed E-state index contributed by atoms with van der Waals surface area (Å²) in [5.41, 5.74) is -0.654. The smallest absolute Gasteiger partial charge is 0.338 e. The van der Waals surface area contributed by atoms with Crippen molar-refractivity contribution in [1.82, 2.24) is 5.32 Å². The number of urea groups is 1. The van der Waals surface area contributed by atoms with Crippen LogP contribution in [0.2, 0.25) is 0 Å². The highest BCUT2D eigenvalue weighted by Crippen LogP contribution is 2.17. The minimum Gasteiger partial charge on any atom is -0.478 e. The second-order valence-corrected chi connectivity index (χ2v) is 2.68. The van der Waals surface area contributed by atoms with E-state index in [2.05, 4.69) is 10.6 Å². The molecule has 0 aliphatic rings. The van der Waals surface area contributed by atoms with Gasteiger partial charge in [0.25, 0.3) is 0 Å². The number of nitrogens with one attached hydrogen (secondary N) is 2. The Labute approximate surface area is 84.9 Å². The van der Waals surface area contributed by atoms with E-state index in [4.69, 9.17) is 5.11 Å². The highest BCUT2D eigenvalue weighted by Gasteiger charge is 2.14. The molecule has 1 aromatic rings. The van der Waals surface area contributed by atoms with Crippen LogP contribution < -0.4 is 10.6 Å². The molecule has 15 heavy (non-hydrogen) atoms. The van der Waals surface area contributed by atoms with Crippen molar-refractivity contribution < 1.29 is 19.1 Å². The van der Waals surface area contributed by atoms with Crippen molar-refractivity contribution in [2.75, 3.05) is 12.4 Å². The molecule has 6 heteroatoms. The van der Waals surface area contributed by atoms with Gasteiger partial charge in [-0.25, -0.2) is 14.0 Å². The van der Waals surface area contributed by atoms with E-state index in [0.29, 0.717) is 0 Å². The lowest BCUT2D eigenvalue weighted by atomic mass is 10.2. The van der Waals surface area contributed by atoms with E-state index in [1.54, 1.807) is 0 Å². The molecule has 0 radical (unpaired) electrons. The fourth-order valence-corrected chi connectivity index (χ4v) is 0.978. The molecule has 0 saturated heterocycles. The van der Waals surface area contributed by atoms with Crippen LogP contribution in [0.1, 0.15) is 10.4 Å². The number of carboxylic acids is 1. The molecule has 0 atom stereocenters. The number of benzene rings is 1. The van der Waals surface area contributed by atoms with Crippen LogP contribution in [0.4, 0.5) is 14.9 Å².